The Bertz CT molecular complexity index is 339. The highest BCUT2D eigenvalue weighted by Crippen LogP contribution is 2.29. The molecule has 0 radical (unpaired) electrons. The molecule has 1 rings (SSSR count). The number of methoxy groups -OCH3 is 1. The van der Waals surface area contributed by atoms with Gasteiger partial charge in [-0.1, -0.05) is 27.7 Å². The van der Waals surface area contributed by atoms with Crippen LogP contribution in [0.25, 0.3) is 0 Å². The number of nitrogens with zero attached hydrogens (tertiary/aromatic N) is 1. The molecule has 0 saturated carbocycles. The summed E-state index contributed by atoms with van der Waals surface area (Å²) in [5.41, 5.74) is 1.05. The van der Waals surface area contributed by atoms with E-state index in [-0.39, 0.29) is 0 Å². The molecule has 0 bridgehead atoms. The Morgan fingerprint density at radius 3 is 2.59 bits per heavy atom. The van der Waals surface area contributed by atoms with Crippen molar-refractivity contribution in [1.82, 2.24) is 10.3 Å². The summed E-state index contributed by atoms with van der Waals surface area (Å²) in [4.78, 5) is 4.44. The van der Waals surface area contributed by atoms with Gasteiger partial charge in [-0.05, 0) is 24.6 Å². The van der Waals surface area contributed by atoms with Gasteiger partial charge in [-0.3, -0.25) is 4.98 Å². The molecule has 0 aliphatic rings. The molecule has 0 fully saturated rings. The second-order valence-electron chi connectivity index (χ2n) is 4.92. The molecular weight excluding hydrogens is 212 g/mol. The third-order valence-corrected chi connectivity index (χ3v) is 3.15. The average Bonchev–Trinajstić information content (AvgIpc) is 2.34. The van der Waals surface area contributed by atoms with Crippen LogP contribution in [0.5, 0.6) is 5.75 Å². The third-order valence-electron chi connectivity index (χ3n) is 3.15. The summed E-state index contributed by atoms with van der Waals surface area (Å²) in [6.45, 7) is 9.78. The number of nitrogens with one attached hydrogen (secondary N) is 1. The van der Waals surface area contributed by atoms with E-state index in [0.717, 1.165) is 18.0 Å². The Hall–Kier alpha value is -1.09. The first-order chi connectivity index (χ1) is 8.06. The lowest BCUT2D eigenvalue weighted by Crippen LogP contribution is -2.30. The van der Waals surface area contributed by atoms with Gasteiger partial charge in [0, 0.05) is 18.2 Å². The van der Waals surface area contributed by atoms with Crippen molar-refractivity contribution in [2.45, 2.75) is 39.7 Å². The van der Waals surface area contributed by atoms with Gasteiger partial charge in [-0.15, -0.1) is 0 Å². The SMILES string of the molecule is COc1cccnc1C(C)C(C)CNC(C)C. The predicted octanol–water partition coefficient (Wildman–Crippen LogP) is 2.83. The normalized spacial score (nSPS) is 14.7. The van der Waals surface area contributed by atoms with Crippen molar-refractivity contribution in [2.24, 2.45) is 5.92 Å². The van der Waals surface area contributed by atoms with Crippen molar-refractivity contribution in [1.29, 1.82) is 0 Å². The molecule has 1 heterocycles. The molecule has 1 N–H and O–H groups in total. The first kappa shape index (κ1) is 14.0. The lowest BCUT2D eigenvalue weighted by molar-refractivity contribution is 0.378. The zero-order chi connectivity index (χ0) is 12.8. The van der Waals surface area contributed by atoms with Gasteiger partial charge in [0.25, 0.3) is 0 Å². The fourth-order valence-electron chi connectivity index (χ4n) is 1.79. The second-order valence-corrected chi connectivity index (χ2v) is 4.92. The van der Waals surface area contributed by atoms with Crippen LogP contribution < -0.4 is 10.1 Å². The Labute approximate surface area is 105 Å². The van der Waals surface area contributed by atoms with Crippen LogP contribution in [0.15, 0.2) is 18.3 Å². The zero-order valence-corrected chi connectivity index (χ0v) is 11.5. The highest BCUT2D eigenvalue weighted by Gasteiger charge is 2.19. The third kappa shape index (κ3) is 4.00. The predicted molar refractivity (Wildman–Crippen MR) is 71.5 cm³/mol. The van der Waals surface area contributed by atoms with Gasteiger partial charge in [0.1, 0.15) is 5.75 Å². The molecule has 1 aromatic rings. The molecule has 0 spiro atoms. The number of hydrogen-bond donors (Lipinski definition) is 1. The average molecular weight is 236 g/mol. The van der Waals surface area contributed by atoms with E-state index in [1.54, 1.807) is 7.11 Å². The Kier molecular flexibility index (Phi) is 5.42. The monoisotopic (exact) mass is 236 g/mol. The van der Waals surface area contributed by atoms with Crippen molar-refractivity contribution in [3.05, 3.63) is 24.0 Å². The standard InChI is InChI=1S/C14H24N2O/c1-10(2)16-9-11(3)12(4)14-13(17-5)7-6-8-15-14/h6-8,10-12,16H,9H2,1-5H3. The summed E-state index contributed by atoms with van der Waals surface area (Å²) < 4.78 is 5.36. The molecule has 0 aliphatic heterocycles. The number of aromatic nitrogens is 1. The zero-order valence-electron chi connectivity index (χ0n) is 11.5. The molecule has 3 heteroatoms. The van der Waals surface area contributed by atoms with Gasteiger partial charge in [0.2, 0.25) is 0 Å². The molecule has 3 nitrogen and oxygen atoms in total. The van der Waals surface area contributed by atoms with Gasteiger partial charge in [-0.2, -0.15) is 0 Å². The molecular formula is C14H24N2O. The molecule has 17 heavy (non-hydrogen) atoms. The maximum Gasteiger partial charge on any atom is 0.140 e. The quantitative estimate of drug-likeness (QED) is 0.824. The molecule has 2 atom stereocenters. The molecule has 96 valence electrons. The smallest absolute Gasteiger partial charge is 0.140 e. The van der Waals surface area contributed by atoms with Crippen molar-refractivity contribution >= 4 is 0 Å². The lowest BCUT2D eigenvalue weighted by Gasteiger charge is -2.22. The molecule has 0 amide bonds. The van der Waals surface area contributed by atoms with Crippen LogP contribution in [0.1, 0.15) is 39.3 Å². The molecule has 1 aromatic heterocycles. The minimum Gasteiger partial charge on any atom is -0.495 e. The van der Waals surface area contributed by atoms with E-state index in [2.05, 4.69) is 38.0 Å². The Morgan fingerprint density at radius 1 is 1.29 bits per heavy atom. The van der Waals surface area contributed by atoms with Crippen LogP contribution in [-0.2, 0) is 0 Å². The fraction of sp³-hybridized carbons (Fsp3) is 0.643. The van der Waals surface area contributed by atoms with Gasteiger partial charge in [0.05, 0.1) is 12.8 Å². The Balaban J connectivity index is 2.70. The van der Waals surface area contributed by atoms with Gasteiger partial charge < -0.3 is 10.1 Å². The van der Waals surface area contributed by atoms with E-state index in [0.29, 0.717) is 17.9 Å². The van der Waals surface area contributed by atoms with E-state index in [1.807, 2.05) is 18.3 Å². The maximum absolute atomic E-state index is 5.36. The summed E-state index contributed by atoms with van der Waals surface area (Å²) >= 11 is 0. The van der Waals surface area contributed by atoms with E-state index < -0.39 is 0 Å². The lowest BCUT2D eigenvalue weighted by atomic mass is 9.91. The van der Waals surface area contributed by atoms with Crippen LogP contribution in [0, 0.1) is 5.92 Å². The van der Waals surface area contributed by atoms with Gasteiger partial charge >= 0.3 is 0 Å². The Morgan fingerprint density at radius 2 is 2.00 bits per heavy atom. The van der Waals surface area contributed by atoms with Crippen molar-refractivity contribution in [3.8, 4) is 5.75 Å². The summed E-state index contributed by atoms with van der Waals surface area (Å²) in [7, 11) is 1.70. The second kappa shape index (κ2) is 6.60. The minimum atomic E-state index is 0.386. The number of pyridine rings is 1. The van der Waals surface area contributed by atoms with Crippen LogP contribution in [0.2, 0.25) is 0 Å². The van der Waals surface area contributed by atoms with Gasteiger partial charge in [0.15, 0.2) is 0 Å². The van der Waals surface area contributed by atoms with Crippen molar-refractivity contribution in [3.63, 3.8) is 0 Å². The van der Waals surface area contributed by atoms with E-state index >= 15 is 0 Å². The van der Waals surface area contributed by atoms with E-state index in [1.165, 1.54) is 0 Å². The van der Waals surface area contributed by atoms with Crippen molar-refractivity contribution in [2.75, 3.05) is 13.7 Å². The summed E-state index contributed by atoms with van der Waals surface area (Å²) in [6.07, 6.45) is 1.83. The summed E-state index contributed by atoms with van der Waals surface area (Å²) in [5, 5.41) is 3.46. The summed E-state index contributed by atoms with van der Waals surface area (Å²) in [5.74, 6) is 1.80. The first-order valence-corrected chi connectivity index (χ1v) is 6.28. The fourth-order valence-corrected chi connectivity index (χ4v) is 1.79. The molecule has 2 unspecified atom stereocenters. The van der Waals surface area contributed by atoms with E-state index in [9.17, 15) is 0 Å². The van der Waals surface area contributed by atoms with Crippen LogP contribution in [-0.4, -0.2) is 24.7 Å². The maximum atomic E-state index is 5.36. The minimum absolute atomic E-state index is 0.386. The van der Waals surface area contributed by atoms with Gasteiger partial charge in [-0.25, -0.2) is 0 Å². The number of rotatable bonds is 6. The van der Waals surface area contributed by atoms with Crippen molar-refractivity contribution < 1.29 is 4.74 Å². The van der Waals surface area contributed by atoms with Crippen LogP contribution in [0.3, 0.4) is 0 Å². The largest absolute Gasteiger partial charge is 0.495 e. The molecule has 0 aromatic carbocycles. The van der Waals surface area contributed by atoms with E-state index in [4.69, 9.17) is 4.74 Å². The molecule has 0 saturated heterocycles. The highest BCUT2D eigenvalue weighted by molar-refractivity contribution is 5.29. The number of hydrogen-bond acceptors (Lipinski definition) is 3. The highest BCUT2D eigenvalue weighted by atomic mass is 16.5. The number of ether oxygens (including phenoxy) is 1. The topological polar surface area (TPSA) is 34.1 Å². The van der Waals surface area contributed by atoms with Crippen LogP contribution >= 0.6 is 0 Å². The first-order valence-electron chi connectivity index (χ1n) is 6.28. The summed E-state index contributed by atoms with van der Waals surface area (Å²) in [6, 6.07) is 4.41. The van der Waals surface area contributed by atoms with Crippen LogP contribution in [0.4, 0.5) is 0 Å². The molecule has 0 aliphatic carbocycles.